The number of rotatable bonds is 5. The molecule has 2 saturated heterocycles. The number of hydrogen-bond donors (Lipinski definition) is 2. The van der Waals surface area contributed by atoms with Crippen LogP contribution in [0.2, 0.25) is 0 Å². The van der Waals surface area contributed by atoms with Crippen molar-refractivity contribution < 1.29 is 18.8 Å². The molecule has 0 aliphatic carbocycles. The van der Waals surface area contributed by atoms with Gasteiger partial charge in [-0.15, -0.1) is 0 Å². The number of halogens is 1. The zero-order chi connectivity index (χ0) is 27.9. The smallest absolute Gasteiger partial charge is 0.255 e. The minimum absolute atomic E-state index is 0.000158. The lowest BCUT2D eigenvalue weighted by molar-refractivity contribution is 0.0759. The summed E-state index contributed by atoms with van der Waals surface area (Å²) in [5, 5.41) is 6.28. The van der Waals surface area contributed by atoms with E-state index in [9.17, 15) is 18.8 Å². The number of carbonyl (C=O) groups excluding carboxylic acids is 3. The average Bonchev–Trinajstić information content (AvgIpc) is 3.41. The second kappa shape index (κ2) is 12.7. The van der Waals surface area contributed by atoms with Crippen LogP contribution < -0.4 is 15.5 Å². The molecule has 2 N–H and O–H groups in total. The maximum Gasteiger partial charge on any atom is 0.255 e. The summed E-state index contributed by atoms with van der Waals surface area (Å²) in [6, 6.07) is 20.0. The Balaban J connectivity index is 1.39. The molecule has 3 aromatic carbocycles. The van der Waals surface area contributed by atoms with Gasteiger partial charge in [-0.25, -0.2) is 4.39 Å². The molecule has 40 heavy (non-hydrogen) atoms. The van der Waals surface area contributed by atoms with Crippen LogP contribution in [0.5, 0.6) is 0 Å². The molecule has 2 aliphatic heterocycles. The molecule has 2 fully saturated rings. The van der Waals surface area contributed by atoms with Gasteiger partial charge in [0, 0.05) is 62.5 Å². The summed E-state index contributed by atoms with van der Waals surface area (Å²) in [6.45, 7) is 5.32. The Morgan fingerprint density at radius 1 is 0.675 bits per heavy atom. The molecule has 8 nitrogen and oxygen atoms in total. The molecule has 0 saturated carbocycles. The fourth-order valence-electron chi connectivity index (χ4n) is 5.20. The Bertz CT molecular complexity index is 1340. The predicted octanol–water partition coefficient (Wildman–Crippen LogP) is 3.87. The first-order chi connectivity index (χ1) is 19.5. The molecule has 208 valence electrons. The maximum absolute atomic E-state index is 13.5. The van der Waals surface area contributed by atoms with Gasteiger partial charge < -0.3 is 25.3 Å². The van der Waals surface area contributed by atoms with E-state index in [1.807, 2.05) is 46.2 Å². The second-order valence-electron chi connectivity index (χ2n) is 10.1. The van der Waals surface area contributed by atoms with Crippen molar-refractivity contribution in [3.63, 3.8) is 0 Å². The lowest BCUT2D eigenvalue weighted by Crippen LogP contribution is -2.35. The predicted molar refractivity (Wildman–Crippen MR) is 153 cm³/mol. The van der Waals surface area contributed by atoms with Crippen LogP contribution in [0.25, 0.3) is 0 Å². The first-order valence-corrected chi connectivity index (χ1v) is 13.8. The molecule has 0 radical (unpaired) electrons. The number of nitrogens with zero attached hydrogens (tertiary/aromatic N) is 3. The number of amides is 3. The lowest BCUT2D eigenvalue weighted by atomic mass is 10.1. The van der Waals surface area contributed by atoms with Crippen molar-refractivity contribution in [3.05, 3.63) is 95.3 Å². The van der Waals surface area contributed by atoms with Gasteiger partial charge in [0.15, 0.2) is 0 Å². The molecular weight excluding hydrogens is 509 g/mol. The first-order valence-electron chi connectivity index (χ1n) is 13.8. The Labute approximate surface area is 233 Å². The van der Waals surface area contributed by atoms with Gasteiger partial charge in [-0.05, 0) is 74.0 Å². The van der Waals surface area contributed by atoms with E-state index in [1.54, 1.807) is 12.1 Å². The molecule has 3 aromatic rings. The fourth-order valence-corrected chi connectivity index (χ4v) is 5.20. The molecule has 0 atom stereocenters. The molecule has 2 heterocycles. The number of nitrogens with one attached hydrogen (secondary N) is 2. The van der Waals surface area contributed by atoms with Crippen LogP contribution in [-0.2, 0) is 0 Å². The Kier molecular flexibility index (Phi) is 8.71. The average molecular weight is 544 g/mol. The Hall–Kier alpha value is -4.24. The summed E-state index contributed by atoms with van der Waals surface area (Å²) in [4.78, 5) is 45.4. The molecule has 0 bridgehead atoms. The highest BCUT2D eigenvalue weighted by molar-refractivity contribution is 6.07. The molecule has 3 amide bonds. The van der Waals surface area contributed by atoms with Gasteiger partial charge in [0.2, 0.25) is 0 Å². The zero-order valence-corrected chi connectivity index (χ0v) is 22.4. The van der Waals surface area contributed by atoms with E-state index in [1.165, 1.54) is 24.3 Å². The highest BCUT2D eigenvalue weighted by atomic mass is 19.1. The quantitative estimate of drug-likeness (QED) is 0.511. The summed E-state index contributed by atoms with van der Waals surface area (Å²) >= 11 is 0. The molecule has 0 unspecified atom stereocenters. The Morgan fingerprint density at radius 3 is 2.17 bits per heavy atom. The van der Waals surface area contributed by atoms with Gasteiger partial charge in [0.1, 0.15) is 5.82 Å². The van der Waals surface area contributed by atoms with E-state index in [0.717, 1.165) is 31.6 Å². The highest BCUT2D eigenvalue weighted by Gasteiger charge is 2.24. The van der Waals surface area contributed by atoms with E-state index < -0.39 is 5.82 Å². The largest absolute Gasteiger partial charge is 0.368 e. The van der Waals surface area contributed by atoms with Gasteiger partial charge in [0.05, 0.1) is 11.4 Å². The van der Waals surface area contributed by atoms with Crippen molar-refractivity contribution in [3.8, 4) is 0 Å². The lowest BCUT2D eigenvalue weighted by Gasteiger charge is -2.27. The van der Waals surface area contributed by atoms with E-state index in [2.05, 4.69) is 15.5 Å². The summed E-state index contributed by atoms with van der Waals surface area (Å²) in [5.41, 5.74) is 2.76. The zero-order valence-electron chi connectivity index (χ0n) is 22.4. The molecule has 9 heteroatoms. The normalized spacial score (nSPS) is 16.2. The van der Waals surface area contributed by atoms with Crippen LogP contribution in [0.3, 0.4) is 0 Å². The topological polar surface area (TPSA) is 85.0 Å². The monoisotopic (exact) mass is 543 g/mol. The SMILES string of the molecule is O=C(Nc1cc(C(=O)N2CCCNCC2)ccc1N1CCCN(C(=O)c2ccccc2)CC1)c1ccc(F)cc1. The Morgan fingerprint density at radius 2 is 1.38 bits per heavy atom. The molecule has 0 aromatic heterocycles. The van der Waals surface area contributed by atoms with Crippen LogP contribution in [0.1, 0.15) is 43.9 Å². The van der Waals surface area contributed by atoms with E-state index in [-0.39, 0.29) is 17.7 Å². The van der Waals surface area contributed by atoms with E-state index in [4.69, 9.17) is 0 Å². The minimum atomic E-state index is -0.420. The van der Waals surface area contributed by atoms with Crippen LogP contribution >= 0.6 is 0 Å². The maximum atomic E-state index is 13.5. The van der Waals surface area contributed by atoms with E-state index in [0.29, 0.717) is 61.6 Å². The highest BCUT2D eigenvalue weighted by Crippen LogP contribution is 2.30. The third-order valence-electron chi connectivity index (χ3n) is 7.37. The molecule has 5 rings (SSSR count). The number of anilines is 2. The van der Waals surface area contributed by atoms with Crippen LogP contribution in [-0.4, -0.2) is 79.9 Å². The van der Waals surface area contributed by atoms with Crippen molar-refractivity contribution in [2.24, 2.45) is 0 Å². The van der Waals surface area contributed by atoms with Crippen molar-refractivity contribution >= 4 is 29.1 Å². The van der Waals surface area contributed by atoms with Crippen molar-refractivity contribution in [2.75, 3.05) is 62.6 Å². The minimum Gasteiger partial charge on any atom is -0.368 e. The number of carbonyl (C=O) groups is 3. The third kappa shape index (κ3) is 6.48. The van der Waals surface area contributed by atoms with Gasteiger partial charge >= 0.3 is 0 Å². The van der Waals surface area contributed by atoms with Gasteiger partial charge in [-0.3, -0.25) is 14.4 Å². The first kappa shape index (κ1) is 27.3. The summed E-state index contributed by atoms with van der Waals surface area (Å²) in [7, 11) is 0. The second-order valence-corrected chi connectivity index (χ2v) is 10.1. The van der Waals surface area contributed by atoms with Gasteiger partial charge in [-0.1, -0.05) is 18.2 Å². The van der Waals surface area contributed by atoms with Crippen molar-refractivity contribution in [2.45, 2.75) is 12.8 Å². The van der Waals surface area contributed by atoms with Crippen molar-refractivity contribution in [1.29, 1.82) is 0 Å². The third-order valence-corrected chi connectivity index (χ3v) is 7.37. The summed E-state index contributed by atoms with van der Waals surface area (Å²) in [6.07, 6.45) is 1.63. The van der Waals surface area contributed by atoms with Crippen molar-refractivity contribution in [1.82, 2.24) is 15.1 Å². The van der Waals surface area contributed by atoms with Gasteiger partial charge in [0.25, 0.3) is 17.7 Å². The molecule has 0 spiro atoms. The number of hydrogen-bond acceptors (Lipinski definition) is 5. The number of benzene rings is 3. The summed E-state index contributed by atoms with van der Waals surface area (Å²) in [5.74, 6) is -0.889. The molecule has 2 aliphatic rings. The van der Waals surface area contributed by atoms with E-state index >= 15 is 0 Å². The van der Waals surface area contributed by atoms with Gasteiger partial charge in [-0.2, -0.15) is 0 Å². The summed E-state index contributed by atoms with van der Waals surface area (Å²) < 4.78 is 13.5. The van der Waals surface area contributed by atoms with Crippen LogP contribution in [0.4, 0.5) is 15.8 Å². The fraction of sp³-hybridized carbons (Fsp3) is 0.323. The molecular formula is C31H34FN5O3. The van der Waals surface area contributed by atoms with Crippen LogP contribution in [0.15, 0.2) is 72.8 Å². The standard InChI is InChI=1S/C31H34FN5O3/c32-26-11-8-23(9-12-26)29(38)34-27-22-25(31(40)36-16-4-14-33-15-19-36)10-13-28(27)35-17-5-18-37(21-20-35)30(39)24-6-2-1-3-7-24/h1-3,6-13,22,33H,4-5,14-21H2,(H,34,38). The van der Waals surface area contributed by atoms with Crippen LogP contribution in [0, 0.1) is 5.82 Å².